The van der Waals surface area contributed by atoms with E-state index in [1.54, 1.807) is 16.7 Å². The molecule has 5 rings (SSSR count). The Hall–Kier alpha value is -2.84. The molecule has 1 aliphatic rings. The van der Waals surface area contributed by atoms with Gasteiger partial charge in [0.15, 0.2) is 5.13 Å². The summed E-state index contributed by atoms with van der Waals surface area (Å²) in [5.41, 5.74) is 9.43. The van der Waals surface area contributed by atoms with Crippen LogP contribution in [0.2, 0.25) is 0 Å². The highest BCUT2D eigenvalue weighted by Crippen LogP contribution is 2.42. The highest BCUT2D eigenvalue weighted by Gasteiger charge is 2.28. The molecule has 1 saturated carbocycles. The molecule has 1 unspecified atom stereocenters. The molecular formula is C23H20F2N4S2. The minimum atomic E-state index is -0.621. The summed E-state index contributed by atoms with van der Waals surface area (Å²) in [4.78, 5) is 9.42. The summed E-state index contributed by atoms with van der Waals surface area (Å²) in [5, 5.41) is 9.21. The lowest BCUT2D eigenvalue weighted by Crippen LogP contribution is -2.14. The van der Waals surface area contributed by atoms with Crippen molar-refractivity contribution in [2.75, 3.05) is 11.1 Å². The van der Waals surface area contributed by atoms with E-state index in [0.29, 0.717) is 23.2 Å². The zero-order valence-electron chi connectivity index (χ0n) is 16.5. The normalized spacial score (nSPS) is 14.5. The van der Waals surface area contributed by atoms with Gasteiger partial charge in [0.1, 0.15) is 11.6 Å². The van der Waals surface area contributed by atoms with Crippen molar-refractivity contribution in [3.63, 3.8) is 0 Å². The minimum Gasteiger partial charge on any atom is -0.399 e. The molecule has 1 atom stereocenters. The zero-order chi connectivity index (χ0) is 21.4. The number of hydrogen-bond donors (Lipinski definition) is 2. The second-order valence-electron chi connectivity index (χ2n) is 7.69. The van der Waals surface area contributed by atoms with Gasteiger partial charge < -0.3 is 11.1 Å². The molecule has 4 nitrogen and oxygen atoms in total. The first-order chi connectivity index (χ1) is 15.0. The number of nitrogens with one attached hydrogen (secondary N) is 1. The number of anilines is 2. The van der Waals surface area contributed by atoms with Gasteiger partial charge in [-0.05, 0) is 49.1 Å². The molecule has 0 bridgehead atoms. The Morgan fingerprint density at radius 2 is 1.84 bits per heavy atom. The van der Waals surface area contributed by atoms with Gasteiger partial charge in [0, 0.05) is 34.0 Å². The van der Waals surface area contributed by atoms with Crippen molar-refractivity contribution in [1.82, 2.24) is 9.97 Å². The van der Waals surface area contributed by atoms with E-state index in [1.165, 1.54) is 41.3 Å². The molecule has 0 saturated heterocycles. The number of rotatable bonds is 7. The smallest absolute Gasteiger partial charge is 0.183 e. The second kappa shape index (κ2) is 8.36. The van der Waals surface area contributed by atoms with Gasteiger partial charge >= 0.3 is 0 Å². The lowest BCUT2D eigenvalue weighted by atomic mass is 10.0. The van der Waals surface area contributed by atoms with Gasteiger partial charge in [-0.1, -0.05) is 12.1 Å². The number of thiazole rings is 2. The van der Waals surface area contributed by atoms with E-state index in [2.05, 4.69) is 15.7 Å². The molecule has 3 N–H and O–H groups in total. The molecule has 2 aromatic heterocycles. The summed E-state index contributed by atoms with van der Waals surface area (Å²) in [6.07, 6.45) is 3.14. The van der Waals surface area contributed by atoms with Crippen LogP contribution >= 0.6 is 22.7 Å². The molecule has 2 aromatic carbocycles. The van der Waals surface area contributed by atoms with Gasteiger partial charge in [-0.15, -0.1) is 22.7 Å². The van der Waals surface area contributed by atoms with Crippen molar-refractivity contribution in [2.24, 2.45) is 0 Å². The minimum absolute atomic E-state index is 0.0792. The Balaban J connectivity index is 1.41. The quantitative estimate of drug-likeness (QED) is 0.317. The van der Waals surface area contributed by atoms with Gasteiger partial charge in [-0.3, -0.25) is 0 Å². The average molecular weight is 455 g/mol. The first-order valence-electron chi connectivity index (χ1n) is 10.0. The molecule has 0 aliphatic heterocycles. The van der Waals surface area contributed by atoms with Gasteiger partial charge in [-0.25, -0.2) is 18.7 Å². The topological polar surface area (TPSA) is 63.8 Å². The summed E-state index contributed by atoms with van der Waals surface area (Å²) >= 11 is 3.10. The van der Waals surface area contributed by atoms with Crippen molar-refractivity contribution in [3.8, 4) is 11.3 Å². The summed E-state index contributed by atoms with van der Waals surface area (Å²) in [6.45, 7) is 0. The fourth-order valence-electron chi connectivity index (χ4n) is 3.41. The number of nitrogen functional groups attached to an aromatic ring is 1. The SMILES string of the molecule is Nc1ccc(CC(Nc2nc(-c3ccc(F)cc3F)cs2)c2csc(C3CC3)n2)cc1. The largest absolute Gasteiger partial charge is 0.399 e. The fourth-order valence-corrected chi connectivity index (χ4v) is 5.22. The number of nitrogens with two attached hydrogens (primary N) is 1. The Bertz CT molecular complexity index is 1200. The van der Waals surface area contributed by atoms with E-state index in [-0.39, 0.29) is 11.6 Å². The van der Waals surface area contributed by atoms with Crippen LogP contribution in [-0.2, 0) is 6.42 Å². The van der Waals surface area contributed by atoms with Gasteiger partial charge in [-0.2, -0.15) is 0 Å². The van der Waals surface area contributed by atoms with E-state index >= 15 is 0 Å². The molecule has 0 radical (unpaired) electrons. The third-order valence-electron chi connectivity index (χ3n) is 5.25. The van der Waals surface area contributed by atoms with E-state index in [0.717, 1.165) is 23.0 Å². The standard InChI is InChI=1S/C23H20F2N4S2/c24-15-5-8-17(18(25)10-15)20-11-31-23(29-20)28-19(9-13-1-6-16(26)7-2-13)21-12-30-22(27-21)14-3-4-14/h1-2,5-8,10-12,14,19H,3-4,9,26H2,(H,28,29). The van der Waals surface area contributed by atoms with E-state index in [9.17, 15) is 8.78 Å². The van der Waals surface area contributed by atoms with E-state index in [4.69, 9.17) is 10.7 Å². The number of halogens is 2. The highest BCUT2D eigenvalue weighted by molar-refractivity contribution is 7.14. The molecule has 2 heterocycles. The number of benzene rings is 2. The number of nitrogens with zero attached hydrogens (tertiary/aromatic N) is 2. The van der Waals surface area contributed by atoms with Crippen LogP contribution in [-0.4, -0.2) is 9.97 Å². The maximum Gasteiger partial charge on any atom is 0.183 e. The average Bonchev–Trinajstić information content (AvgIpc) is 3.29. The molecule has 1 fully saturated rings. The lowest BCUT2D eigenvalue weighted by molar-refractivity contribution is 0.585. The lowest BCUT2D eigenvalue weighted by Gasteiger charge is -2.16. The summed E-state index contributed by atoms with van der Waals surface area (Å²) in [6, 6.07) is 11.3. The zero-order valence-corrected chi connectivity index (χ0v) is 18.1. The molecule has 8 heteroatoms. The molecule has 0 spiro atoms. The Morgan fingerprint density at radius 1 is 1.03 bits per heavy atom. The maximum absolute atomic E-state index is 14.2. The van der Waals surface area contributed by atoms with Crippen LogP contribution in [0.15, 0.2) is 53.2 Å². The molecule has 31 heavy (non-hydrogen) atoms. The van der Waals surface area contributed by atoms with Gasteiger partial charge in [0.25, 0.3) is 0 Å². The number of aromatic nitrogens is 2. The fraction of sp³-hybridized carbons (Fsp3) is 0.217. The summed E-state index contributed by atoms with van der Waals surface area (Å²) in [5.74, 6) is -0.624. The van der Waals surface area contributed by atoms with Gasteiger partial charge in [0.2, 0.25) is 0 Å². The molecule has 1 aliphatic carbocycles. The highest BCUT2D eigenvalue weighted by atomic mass is 32.1. The third-order valence-corrected chi connectivity index (χ3v) is 7.05. The number of hydrogen-bond acceptors (Lipinski definition) is 6. The van der Waals surface area contributed by atoms with Gasteiger partial charge in [0.05, 0.1) is 22.4 Å². The predicted octanol–water partition coefficient (Wildman–Crippen LogP) is 6.40. The first-order valence-corrected chi connectivity index (χ1v) is 11.8. The molecule has 0 amide bonds. The first kappa shape index (κ1) is 20.1. The molecule has 158 valence electrons. The van der Waals surface area contributed by atoms with Crippen LogP contribution in [0.25, 0.3) is 11.3 Å². The Kier molecular flexibility index (Phi) is 5.41. The van der Waals surface area contributed by atoms with Crippen LogP contribution < -0.4 is 11.1 Å². The van der Waals surface area contributed by atoms with Crippen molar-refractivity contribution < 1.29 is 8.78 Å². The van der Waals surface area contributed by atoms with Crippen LogP contribution in [0, 0.1) is 11.6 Å². The maximum atomic E-state index is 14.2. The van der Waals surface area contributed by atoms with Crippen LogP contribution in [0.5, 0.6) is 0 Å². The van der Waals surface area contributed by atoms with Crippen molar-refractivity contribution >= 4 is 33.5 Å². The molecule has 4 aromatic rings. The third kappa shape index (κ3) is 4.60. The summed E-state index contributed by atoms with van der Waals surface area (Å²) in [7, 11) is 0. The Morgan fingerprint density at radius 3 is 2.58 bits per heavy atom. The second-order valence-corrected chi connectivity index (χ2v) is 9.44. The van der Waals surface area contributed by atoms with Crippen molar-refractivity contribution in [2.45, 2.75) is 31.2 Å². The van der Waals surface area contributed by atoms with Crippen LogP contribution in [0.1, 0.15) is 41.1 Å². The summed E-state index contributed by atoms with van der Waals surface area (Å²) < 4.78 is 27.4. The molecular weight excluding hydrogens is 434 g/mol. The monoisotopic (exact) mass is 454 g/mol. The van der Waals surface area contributed by atoms with E-state index < -0.39 is 11.6 Å². The van der Waals surface area contributed by atoms with Crippen LogP contribution in [0.4, 0.5) is 19.6 Å². The Labute approximate surface area is 186 Å². The van der Waals surface area contributed by atoms with Crippen LogP contribution in [0.3, 0.4) is 0 Å². The van der Waals surface area contributed by atoms with Crippen molar-refractivity contribution in [1.29, 1.82) is 0 Å². The van der Waals surface area contributed by atoms with Crippen molar-refractivity contribution in [3.05, 3.63) is 81.1 Å². The van der Waals surface area contributed by atoms with E-state index in [1.807, 2.05) is 24.3 Å². The predicted molar refractivity (Wildman–Crippen MR) is 122 cm³/mol.